The molecule has 2 nitrogen and oxygen atoms in total. The number of ether oxygens (including phenoxy) is 1. The largest absolute Gasteiger partial charge is 0.389 e. The molecule has 1 unspecified atom stereocenters. The molecule has 0 aliphatic carbocycles. The molecular formula is C14H20F3NO. The summed E-state index contributed by atoms with van der Waals surface area (Å²) in [6.07, 6.45) is -5.10. The van der Waals surface area contributed by atoms with E-state index in [-0.39, 0.29) is 19.1 Å². The van der Waals surface area contributed by atoms with Gasteiger partial charge in [-0.2, -0.15) is 13.2 Å². The average molecular weight is 275 g/mol. The number of nitrogens with one attached hydrogen (secondary N) is 1. The topological polar surface area (TPSA) is 21.3 Å². The van der Waals surface area contributed by atoms with Crippen LogP contribution in [0.3, 0.4) is 0 Å². The molecule has 0 amide bonds. The maximum Gasteiger partial charge on any atom is 0.389 e. The fraction of sp³-hybridized carbons (Fsp3) is 0.571. The quantitative estimate of drug-likeness (QED) is 0.730. The molecular weight excluding hydrogens is 255 g/mol. The van der Waals surface area contributed by atoms with Crippen LogP contribution in [0.4, 0.5) is 13.2 Å². The molecule has 0 bridgehead atoms. The minimum absolute atomic E-state index is 0.00103. The van der Waals surface area contributed by atoms with Gasteiger partial charge in [-0.25, -0.2) is 0 Å². The number of benzene rings is 1. The molecule has 0 spiro atoms. The lowest BCUT2D eigenvalue weighted by molar-refractivity contribution is -0.138. The van der Waals surface area contributed by atoms with Crippen LogP contribution < -0.4 is 5.32 Å². The minimum atomic E-state index is -4.10. The van der Waals surface area contributed by atoms with E-state index in [4.69, 9.17) is 4.74 Å². The Balaban J connectivity index is 2.42. The summed E-state index contributed by atoms with van der Waals surface area (Å²) in [6.45, 7) is 3.50. The van der Waals surface area contributed by atoms with Crippen molar-refractivity contribution in [2.75, 3.05) is 19.7 Å². The summed E-state index contributed by atoms with van der Waals surface area (Å²) in [5.74, 6) is 0. The molecule has 0 aliphatic heterocycles. The van der Waals surface area contributed by atoms with Crippen molar-refractivity contribution in [2.24, 2.45) is 0 Å². The van der Waals surface area contributed by atoms with Gasteiger partial charge in [-0.1, -0.05) is 37.3 Å². The van der Waals surface area contributed by atoms with E-state index < -0.39 is 12.6 Å². The number of hydrogen-bond donors (Lipinski definition) is 1. The molecule has 1 rings (SSSR count). The Labute approximate surface area is 112 Å². The van der Waals surface area contributed by atoms with Gasteiger partial charge in [-0.05, 0) is 18.5 Å². The first-order valence-corrected chi connectivity index (χ1v) is 6.47. The van der Waals surface area contributed by atoms with E-state index in [0.717, 1.165) is 12.1 Å². The summed E-state index contributed by atoms with van der Waals surface area (Å²) in [6, 6.07) is 9.54. The number of halogens is 3. The molecule has 0 saturated carbocycles. The Hall–Kier alpha value is -1.07. The van der Waals surface area contributed by atoms with E-state index >= 15 is 0 Å². The van der Waals surface area contributed by atoms with Crippen LogP contribution in [0.2, 0.25) is 0 Å². The maximum absolute atomic E-state index is 12.0. The summed E-state index contributed by atoms with van der Waals surface area (Å²) < 4.78 is 41.7. The Morgan fingerprint density at radius 3 is 2.47 bits per heavy atom. The van der Waals surface area contributed by atoms with Gasteiger partial charge in [0.2, 0.25) is 0 Å². The monoisotopic (exact) mass is 275 g/mol. The van der Waals surface area contributed by atoms with E-state index in [9.17, 15) is 13.2 Å². The highest BCUT2D eigenvalue weighted by Crippen LogP contribution is 2.22. The summed E-state index contributed by atoms with van der Waals surface area (Å²) in [4.78, 5) is 0. The molecule has 0 aromatic heterocycles. The highest BCUT2D eigenvalue weighted by Gasteiger charge is 2.26. The lowest BCUT2D eigenvalue weighted by Crippen LogP contribution is -2.23. The van der Waals surface area contributed by atoms with Crippen LogP contribution in [0.1, 0.15) is 31.4 Å². The van der Waals surface area contributed by atoms with Crippen molar-refractivity contribution in [3.63, 3.8) is 0 Å². The second kappa shape index (κ2) is 8.17. The normalized spacial score (nSPS) is 13.5. The fourth-order valence-electron chi connectivity index (χ4n) is 1.71. The van der Waals surface area contributed by atoms with Gasteiger partial charge in [0.15, 0.2) is 0 Å². The van der Waals surface area contributed by atoms with Crippen LogP contribution in [-0.2, 0) is 4.74 Å². The predicted octanol–water partition coefficient (Wildman–Crippen LogP) is 3.70. The smallest absolute Gasteiger partial charge is 0.372 e. The number of hydrogen-bond acceptors (Lipinski definition) is 2. The van der Waals surface area contributed by atoms with Crippen molar-refractivity contribution in [2.45, 2.75) is 32.0 Å². The van der Waals surface area contributed by atoms with Crippen molar-refractivity contribution < 1.29 is 17.9 Å². The van der Waals surface area contributed by atoms with E-state index in [2.05, 4.69) is 5.32 Å². The lowest BCUT2D eigenvalue weighted by atomic mass is 10.1. The van der Waals surface area contributed by atoms with Crippen LogP contribution in [0.15, 0.2) is 30.3 Å². The predicted molar refractivity (Wildman–Crippen MR) is 69.0 cm³/mol. The second-order valence-electron chi connectivity index (χ2n) is 4.30. The van der Waals surface area contributed by atoms with Crippen LogP contribution in [0, 0.1) is 0 Å². The number of alkyl halides is 3. The van der Waals surface area contributed by atoms with Gasteiger partial charge in [-0.15, -0.1) is 0 Å². The van der Waals surface area contributed by atoms with E-state index in [1.54, 1.807) is 0 Å². The first-order chi connectivity index (χ1) is 9.03. The van der Waals surface area contributed by atoms with Crippen molar-refractivity contribution in [3.8, 4) is 0 Å². The molecule has 1 N–H and O–H groups in total. The third kappa shape index (κ3) is 7.18. The van der Waals surface area contributed by atoms with Crippen molar-refractivity contribution >= 4 is 0 Å². The third-order valence-electron chi connectivity index (χ3n) is 2.67. The molecule has 0 fully saturated rings. The molecule has 0 radical (unpaired) electrons. The van der Waals surface area contributed by atoms with Crippen molar-refractivity contribution in [1.82, 2.24) is 5.32 Å². The Morgan fingerprint density at radius 2 is 1.89 bits per heavy atom. The van der Waals surface area contributed by atoms with E-state index in [1.165, 1.54) is 0 Å². The van der Waals surface area contributed by atoms with Crippen LogP contribution in [0.25, 0.3) is 0 Å². The maximum atomic E-state index is 12.0. The first kappa shape index (κ1) is 16.0. The van der Waals surface area contributed by atoms with Crippen molar-refractivity contribution in [1.29, 1.82) is 0 Å². The molecule has 108 valence electrons. The van der Waals surface area contributed by atoms with E-state index in [1.807, 2.05) is 37.3 Å². The van der Waals surface area contributed by atoms with Gasteiger partial charge in [0, 0.05) is 19.6 Å². The fourth-order valence-corrected chi connectivity index (χ4v) is 1.71. The summed E-state index contributed by atoms with van der Waals surface area (Å²) in [7, 11) is 0. The highest BCUT2D eigenvalue weighted by molar-refractivity contribution is 5.17. The highest BCUT2D eigenvalue weighted by atomic mass is 19.4. The van der Waals surface area contributed by atoms with E-state index in [0.29, 0.717) is 6.54 Å². The SMILES string of the molecule is CCNCC(OCCCC(F)(F)F)c1ccccc1. The standard InChI is InChI=1S/C14H20F3NO/c1-2-18-11-13(12-7-4-3-5-8-12)19-10-6-9-14(15,16)17/h3-5,7-8,13,18H,2,6,9-11H2,1H3. The molecule has 19 heavy (non-hydrogen) atoms. The molecule has 0 saturated heterocycles. The zero-order valence-electron chi connectivity index (χ0n) is 11.0. The third-order valence-corrected chi connectivity index (χ3v) is 2.67. The molecule has 1 aromatic rings. The zero-order valence-corrected chi connectivity index (χ0v) is 11.0. The van der Waals surface area contributed by atoms with Crippen LogP contribution in [0.5, 0.6) is 0 Å². The zero-order chi connectivity index (χ0) is 14.1. The van der Waals surface area contributed by atoms with Gasteiger partial charge in [0.05, 0.1) is 6.10 Å². The molecule has 1 aromatic carbocycles. The Morgan fingerprint density at radius 1 is 1.21 bits per heavy atom. The van der Waals surface area contributed by atoms with Crippen LogP contribution in [-0.4, -0.2) is 25.9 Å². The summed E-state index contributed by atoms with van der Waals surface area (Å²) in [5.41, 5.74) is 0.982. The number of likely N-dealkylation sites (N-methyl/N-ethyl adjacent to an activating group) is 1. The van der Waals surface area contributed by atoms with Gasteiger partial charge >= 0.3 is 6.18 Å². The molecule has 0 heterocycles. The first-order valence-electron chi connectivity index (χ1n) is 6.47. The Kier molecular flexibility index (Phi) is 6.87. The van der Waals surface area contributed by atoms with Gasteiger partial charge in [0.1, 0.15) is 0 Å². The van der Waals surface area contributed by atoms with Crippen molar-refractivity contribution in [3.05, 3.63) is 35.9 Å². The summed E-state index contributed by atoms with van der Waals surface area (Å²) in [5, 5.41) is 3.16. The van der Waals surface area contributed by atoms with Crippen LogP contribution >= 0.6 is 0 Å². The van der Waals surface area contributed by atoms with Gasteiger partial charge < -0.3 is 10.1 Å². The summed E-state index contributed by atoms with van der Waals surface area (Å²) >= 11 is 0. The van der Waals surface area contributed by atoms with Gasteiger partial charge in [0.25, 0.3) is 0 Å². The lowest BCUT2D eigenvalue weighted by Gasteiger charge is -2.19. The Bertz CT molecular complexity index is 340. The average Bonchev–Trinajstić information content (AvgIpc) is 2.38. The molecule has 0 aliphatic rings. The van der Waals surface area contributed by atoms with Gasteiger partial charge in [-0.3, -0.25) is 0 Å². The second-order valence-corrected chi connectivity index (χ2v) is 4.30. The molecule has 5 heteroatoms. The minimum Gasteiger partial charge on any atom is -0.372 e. The molecule has 1 atom stereocenters. The number of rotatable bonds is 8.